The Kier molecular flexibility index (Phi) is 4.79. The summed E-state index contributed by atoms with van der Waals surface area (Å²) in [5.41, 5.74) is 7.31. The zero-order valence-corrected chi connectivity index (χ0v) is 12.6. The maximum Gasteiger partial charge on any atom is 0.224 e. The summed E-state index contributed by atoms with van der Waals surface area (Å²) in [5, 5.41) is 2.90. The Bertz CT molecular complexity index is 582. The minimum absolute atomic E-state index is 0.00639. The molecular formula is C13H17N3OS2. The molecule has 0 aliphatic rings. The van der Waals surface area contributed by atoms with Crippen LogP contribution in [0.2, 0.25) is 0 Å². The largest absolute Gasteiger partial charge is 0.330 e. The molecule has 1 aromatic carbocycles. The first-order chi connectivity index (χ1) is 9.12. The van der Waals surface area contributed by atoms with Gasteiger partial charge in [0, 0.05) is 12.1 Å². The fourth-order valence-electron chi connectivity index (χ4n) is 1.68. The predicted molar refractivity (Wildman–Crippen MR) is 82.9 cm³/mol. The van der Waals surface area contributed by atoms with Crippen LogP contribution in [-0.2, 0) is 4.79 Å². The van der Waals surface area contributed by atoms with Crippen LogP contribution >= 0.6 is 23.1 Å². The third-order valence-electron chi connectivity index (χ3n) is 2.76. The van der Waals surface area contributed by atoms with Gasteiger partial charge in [-0.2, -0.15) is 0 Å². The van der Waals surface area contributed by atoms with Crippen LogP contribution in [0, 0.1) is 5.92 Å². The summed E-state index contributed by atoms with van der Waals surface area (Å²) in [6.07, 6.45) is 2.46. The van der Waals surface area contributed by atoms with Gasteiger partial charge in [0.2, 0.25) is 5.91 Å². The number of thioether (sulfide) groups is 1. The van der Waals surface area contributed by atoms with Crippen molar-refractivity contribution in [3.05, 3.63) is 18.2 Å². The van der Waals surface area contributed by atoms with Gasteiger partial charge in [-0.1, -0.05) is 18.7 Å². The quantitative estimate of drug-likeness (QED) is 0.832. The zero-order chi connectivity index (χ0) is 13.8. The molecule has 1 atom stereocenters. The highest BCUT2D eigenvalue weighted by Gasteiger charge is 2.09. The summed E-state index contributed by atoms with van der Waals surface area (Å²) >= 11 is 3.27. The number of amides is 1. The van der Waals surface area contributed by atoms with Crippen molar-refractivity contribution >= 4 is 44.9 Å². The van der Waals surface area contributed by atoms with Gasteiger partial charge in [0.05, 0.1) is 10.2 Å². The second-order valence-electron chi connectivity index (χ2n) is 4.46. The van der Waals surface area contributed by atoms with Gasteiger partial charge in [-0.3, -0.25) is 4.79 Å². The lowest BCUT2D eigenvalue weighted by Crippen LogP contribution is -2.19. The third kappa shape index (κ3) is 3.68. The van der Waals surface area contributed by atoms with E-state index in [4.69, 9.17) is 5.73 Å². The zero-order valence-electron chi connectivity index (χ0n) is 11.0. The molecular weight excluding hydrogens is 278 g/mol. The molecule has 1 aromatic heterocycles. The Labute approximate surface area is 120 Å². The van der Waals surface area contributed by atoms with Crippen molar-refractivity contribution in [3.63, 3.8) is 0 Å². The van der Waals surface area contributed by atoms with E-state index in [0.717, 1.165) is 20.2 Å². The number of nitrogens with two attached hydrogens (primary N) is 1. The number of thiazole rings is 1. The van der Waals surface area contributed by atoms with Crippen molar-refractivity contribution in [3.8, 4) is 0 Å². The Balaban J connectivity index is 2.10. The van der Waals surface area contributed by atoms with E-state index in [9.17, 15) is 4.79 Å². The van der Waals surface area contributed by atoms with Crippen molar-refractivity contribution in [2.45, 2.75) is 17.7 Å². The van der Waals surface area contributed by atoms with E-state index >= 15 is 0 Å². The molecule has 102 valence electrons. The first kappa shape index (κ1) is 14.3. The summed E-state index contributed by atoms with van der Waals surface area (Å²) in [6, 6.07) is 5.79. The average molecular weight is 295 g/mol. The number of carbonyl (C=O) groups is 1. The number of aromatic nitrogens is 1. The van der Waals surface area contributed by atoms with Crippen LogP contribution in [0.25, 0.3) is 10.2 Å². The molecule has 3 N–H and O–H groups in total. The molecule has 4 nitrogen and oxygen atoms in total. The first-order valence-electron chi connectivity index (χ1n) is 6.07. The Morgan fingerprint density at radius 2 is 2.37 bits per heavy atom. The average Bonchev–Trinajstić information content (AvgIpc) is 2.80. The molecule has 0 fully saturated rings. The van der Waals surface area contributed by atoms with E-state index in [1.54, 1.807) is 23.1 Å². The SMILES string of the molecule is CSc1nc2ccc(NC(=O)CC(C)CN)cc2s1. The highest BCUT2D eigenvalue weighted by molar-refractivity contribution is 8.00. The number of hydrogen-bond donors (Lipinski definition) is 2. The van der Waals surface area contributed by atoms with Crippen molar-refractivity contribution in [2.75, 3.05) is 18.1 Å². The summed E-state index contributed by atoms with van der Waals surface area (Å²) in [6.45, 7) is 2.50. The van der Waals surface area contributed by atoms with E-state index in [1.807, 2.05) is 31.4 Å². The van der Waals surface area contributed by atoms with E-state index in [1.165, 1.54) is 0 Å². The van der Waals surface area contributed by atoms with E-state index in [-0.39, 0.29) is 11.8 Å². The smallest absolute Gasteiger partial charge is 0.224 e. The van der Waals surface area contributed by atoms with Crippen LogP contribution in [0.3, 0.4) is 0 Å². The molecule has 6 heteroatoms. The minimum atomic E-state index is 0.00639. The molecule has 0 aliphatic heterocycles. The topological polar surface area (TPSA) is 68.0 Å². The van der Waals surface area contributed by atoms with Crippen LogP contribution in [0.15, 0.2) is 22.5 Å². The Morgan fingerprint density at radius 3 is 3.05 bits per heavy atom. The maximum atomic E-state index is 11.8. The number of nitrogens with one attached hydrogen (secondary N) is 1. The molecule has 19 heavy (non-hydrogen) atoms. The number of carbonyl (C=O) groups excluding carboxylic acids is 1. The molecule has 2 rings (SSSR count). The van der Waals surface area contributed by atoms with Gasteiger partial charge >= 0.3 is 0 Å². The number of hydrogen-bond acceptors (Lipinski definition) is 5. The maximum absolute atomic E-state index is 11.8. The molecule has 0 spiro atoms. The summed E-state index contributed by atoms with van der Waals surface area (Å²) in [4.78, 5) is 16.3. The highest BCUT2D eigenvalue weighted by Crippen LogP contribution is 2.30. The predicted octanol–water partition coefficient (Wildman–Crippen LogP) is 2.94. The van der Waals surface area contributed by atoms with Crippen molar-refractivity contribution in [1.29, 1.82) is 0 Å². The van der Waals surface area contributed by atoms with Crippen LogP contribution in [-0.4, -0.2) is 23.7 Å². The lowest BCUT2D eigenvalue weighted by Gasteiger charge is -2.09. The Morgan fingerprint density at radius 1 is 1.58 bits per heavy atom. The second kappa shape index (κ2) is 6.36. The van der Waals surface area contributed by atoms with Gasteiger partial charge in [0.15, 0.2) is 4.34 Å². The van der Waals surface area contributed by atoms with Gasteiger partial charge < -0.3 is 11.1 Å². The molecule has 1 unspecified atom stereocenters. The monoisotopic (exact) mass is 295 g/mol. The Hall–Kier alpha value is -1.11. The molecule has 1 heterocycles. The number of fused-ring (bicyclic) bond motifs is 1. The van der Waals surface area contributed by atoms with Gasteiger partial charge in [0.1, 0.15) is 0 Å². The van der Waals surface area contributed by atoms with E-state index in [0.29, 0.717) is 13.0 Å². The summed E-state index contributed by atoms with van der Waals surface area (Å²) in [7, 11) is 0. The summed E-state index contributed by atoms with van der Waals surface area (Å²) < 4.78 is 2.13. The first-order valence-corrected chi connectivity index (χ1v) is 8.11. The molecule has 0 saturated carbocycles. The molecule has 0 saturated heterocycles. The fraction of sp³-hybridized carbons (Fsp3) is 0.385. The van der Waals surface area contributed by atoms with Gasteiger partial charge in [-0.25, -0.2) is 4.98 Å². The third-order valence-corrected chi connectivity index (χ3v) is 4.77. The van der Waals surface area contributed by atoms with E-state index in [2.05, 4.69) is 10.3 Å². The van der Waals surface area contributed by atoms with Crippen molar-refractivity contribution < 1.29 is 4.79 Å². The second-order valence-corrected chi connectivity index (χ2v) is 6.54. The van der Waals surface area contributed by atoms with Crippen LogP contribution < -0.4 is 11.1 Å². The standard InChI is InChI=1S/C13H17N3OS2/c1-8(7-14)5-12(17)15-9-3-4-10-11(6-9)19-13(16-10)18-2/h3-4,6,8H,5,7,14H2,1-2H3,(H,15,17). The highest BCUT2D eigenvalue weighted by atomic mass is 32.2. The van der Waals surface area contributed by atoms with E-state index < -0.39 is 0 Å². The number of rotatable bonds is 5. The fourth-order valence-corrected chi connectivity index (χ4v) is 3.21. The number of nitrogens with zero attached hydrogens (tertiary/aromatic N) is 1. The lowest BCUT2D eigenvalue weighted by molar-refractivity contribution is -0.116. The van der Waals surface area contributed by atoms with Crippen LogP contribution in [0.4, 0.5) is 5.69 Å². The molecule has 1 amide bonds. The van der Waals surface area contributed by atoms with Crippen molar-refractivity contribution in [1.82, 2.24) is 4.98 Å². The van der Waals surface area contributed by atoms with Crippen LogP contribution in [0.1, 0.15) is 13.3 Å². The minimum Gasteiger partial charge on any atom is -0.330 e. The normalized spacial score (nSPS) is 12.6. The lowest BCUT2D eigenvalue weighted by atomic mass is 10.1. The van der Waals surface area contributed by atoms with Crippen LogP contribution in [0.5, 0.6) is 0 Å². The van der Waals surface area contributed by atoms with Gasteiger partial charge in [-0.05, 0) is 36.9 Å². The van der Waals surface area contributed by atoms with Crippen molar-refractivity contribution in [2.24, 2.45) is 11.7 Å². The van der Waals surface area contributed by atoms with Gasteiger partial charge in [0.25, 0.3) is 0 Å². The molecule has 0 bridgehead atoms. The van der Waals surface area contributed by atoms with Gasteiger partial charge in [-0.15, -0.1) is 11.3 Å². The summed E-state index contributed by atoms with van der Waals surface area (Å²) in [5.74, 6) is 0.210. The number of benzene rings is 1. The number of anilines is 1. The molecule has 0 radical (unpaired) electrons. The molecule has 0 aliphatic carbocycles. The molecule has 2 aromatic rings.